The molecule has 0 fully saturated rings. The molecule has 0 unspecified atom stereocenters. The Morgan fingerprint density at radius 3 is 2.86 bits per heavy atom. The number of H-pyrrole nitrogens is 1. The van der Waals surface area contributed by atoms with Gasteiger partial charge in [-0.3, -0.25) is 9.69 Å². The lowest BCUT2D eigenvalue weighted by Crippen LogP contribution is -2.39. The Labute approximate surface area is 170 Å². The number of pyridine rings is 1. The first kappa shape index (κ1) is 18.9. The number of amides is 1. The summed E-state index contributed by atoms with van der Waals surface area (Å²) in [5.41, 5.74) is 1.98. The maximum absolute atomic E-state index is 12.5. The lowest BCUT2D eigenvalue weighted by molar-refractivity contribution is 0.140. The molecule has 1 amide bonds. The number of fused-ring (bicyclic) bond motifs is 2. The molecule has 1 aliphatic heterocycles. The van der Waals surface area contributed by atoms with Crippen molar-refractivity contribution in [2.45, 2.75) is 33.4 Å². The quantitative estimate of drug-likeness (QED) is 0.672. The second kappa shape index (κ2) is 7.54. The summed E-state index contributed by atoms with van der Waals surface area (Å²) in [4.78, 5) is 38.0. The molecule has 2 N–H and O–H groups in total. The molecule has 1 aliphatic rings. The number of para-hydroxylation sites is 1. The smallest absolute Gasteiger partial charge is 0.415 e. The van der Waals surface area contributed by atoms with Crippen LogP contribution in [0, 0.1) is 5.92 Å². The third-order valence-corrected chi connectivity index (χ3v) is 4.81. The van der Waals surface area contributed by atoms with Gasteiger partial charge in [0.05, 0.1) is 11.6 Å². The van der Waals surface area contributed by atoms with Gasteiger partial charge >= 0.3 is 6.09 Å². The Bertz CT molecular complexity index is 1140. The zero-order valence-electron chi connectivity index (χ0n) is 16.6. The number of cyclic esters (lactones) is 1. The van der Waals surface area contributed by atoms with Gasteiger partial charge in [0.1, 0.15) is 12.4 Å². The molecule has 3 aromatic rings. The predicted molar refractivity (Wildman–Crippen MR) is 115 cm³/mol. The Hall–Kier alpha value is -3.42. The summed E-state index contributed by atoms with van der Waals surface area (Å²) in [6.45, 7) is 6.58. The van der Waals surface area contributed by atoms with Gasteiger partial charge < -0.3 is 15.0 Å². The topological polar surface area (TPSA) is 100 Å². The zero-order valence-corrected chi connectivity index (χ0v) is 16.6. The summed E-state index contributed by atoms with van der Waals surface area (Å²) >= 11 is 0. The molecule has 0 spiro atoms. The van der Waals surface area contributed by atoms with Gasteiger partial charge in [-0.1, -0.05) is 32.0 Å². The van der Waals surface area contributed by atoms with Crippen LogP contribution in [0.25, 0.3) is 10.9 Å². The number of ether oxygens (including phenoxy) is 1. The van der Waals surface area contributed by atoms with Gasteiger partial charge in [0.25, 0.3) is 5.56 Å². The van der Waals surface area contributed by atoms with Crippen molar-refractivity contribution >= 4 is 28.8 Å². The van der Waals surface area contributed by atoms with E-state index in [-0.39, 0.29) is 27.0 Å². The molecule has 0 saturated heterocycles. The van der Waals surface area contributed by atoms with Gasteiger partial charge in [0, 0.05) is 26.7 Å². The van der Waals surface area contributed by atoms with Crippen molar-refractivity contribution in [2.75, 3.05) is 16.8 Å². The van der Waals surface area contributed by atoms with E-state index in [2.05, 4.69) is 20.3 Å². The van der Waals surface area contributed by atoms with Crippen LogP contribution in [0.1, 0.15) is 40.8 Å². The number of hydrogen-bond donors (Lipinski definition) is 2. The number of rotatable bonds is 5. The molecular weight excluding hydrogens is 370 g/mol. The second-order valence-corrected chi connectivity index (χ2v) is 7.61. The highest BCUT2D eigenvalue weighted by molar-refractivity contribution is 5.89. The molecule has 154 valence electrons. The van der Waals surface area contributed by atoms with Gasteiger partial charge in [0.15, 0.2) is 0 Å². The summed E-state index contributed by atoms with van der Waals surface area (Å²) in [5.74, 6) is 1.16. The molecule has 8 nitrogen and oxygen atoms in total. The minimum Gasteiger partial charge on any atom is -0.444 e. The van der Waals surface area contributed by atoms with Crippen molar-refractivity contribution in [3.63, 3.8) is 0 Å². The standard InChI is InChI=1S/C21H23N5O3.2H2/c1-12(2)10-26-18-15(11-29-21(26)28)9-22-20(25-18)23-13(3)16-8-14-6-4-5-7-17(14)24-19(16)27;;/h4-9,12-13H,10-11H2,1-3H3,(H,24,27)(H,22,23,25);2*1H/t13-;;/m0../s1. The summed E-state index contributed by atoms with van der Waals surface area (Å²) in [6.07, 6.45) is 1.25. The Morgan fingerprint density at radius 2 is 2.07 bits per heavy atom. The van der Waals surface area contributed by atoms with E-state index >= 15 is 0 Å². The van der Waals surface area contributed by atoms with Gasteiger partial charge in [-0.2, -0.15) is 4.98 Å². The first-order valence-corrected chi connectivity index (χ1v) is 9.61. The average molecular weight is 397 g/mol. The first-order chi connectivity index (χ1) is 13.9. The molecule has 3 heterocycles. The average Bonchev–Trinajstić information content (AvgIpc) is 2.69. The van der Waals surface area contributed by atoms with Crippen LogP contribution in [-0.2, 0) is 11.3 Å². The largest absolute Gasteiger partial charge is 0.444 e. The van der Waals surface area contributed by atoms with Gasteiger partial charge in [-0.05, 0) is 30.4 Å². The lowest BCUT2D eigenvalue weighted by Gasteiger charge is -2.29. The lowest BCUT2D eigenvalue weighted by atomic mass is 10.1. The number of hydrogen-bond acceptors (Lipinski definition) is 6. The van der Waals surface area contributed by atoms with Crippen molar-refractivity contribution in [1.82, 2.24) is 15.0 Å². The van der Waals surface area contributed by atoms with Crippen LogP contribution in [0.4, 0.5) is 16.6 Å². The summed E-state index contributed by atoms with van der Waals surface area (Å²) < 4.78 is 5.21. The van der Waals surface area contributed by atoms with Gasteiger partial charge in [0.2, 0.25) is 5.95 Å². The fourth-order valence-electron chi connectivity index (χ4n) is 3.39. The molecule has 1 aromatic carbocycles. The number of carbonyl (C=O) groups excluding carboxylic acids is 1. The van der Waals surface area contributed by atoms with Crippen LogP contribution < -0.4 is 15.8 Å². The maximum atomic E-state index is 12.5. The van der Waals surface area contributed by atoms with Crippen molar-refractivity contribution in [2.24, 2.45) is 5.92 Å². The van der Waals surface area contributed by atoms with Crippen LogP contribution in [-0.4, -0.2) is 27.6 Å². The number of aromatic nitrogens is 3. The zero-order chi connectivity index (χ0) is 20.5. The van der Waals surface area contributed by atoms with E-state index in [0.717, 1.165) is 16.5 Å². The van der Waals surface area contributed by atoms with Crippen LogP contribution in [0.5, 0.6) is 0 Å². The Kier molecular flexibility index (Phi) is 4.92. The van der Waals surface area contributed by atoms with E-state index in [9.17, 15) is 9.59 Å². The number of nitrogens with zero attached hydrogens (tertiary/aromatic N) is 3. The molecule has 0 bridgehead atoms. The summed E-state index contributed by atoms with van der Waals surface area (Å²) in [5, 5.41) is 4.13. The molecule has 8 heteroatoms. The van der Waals surface area contributed by atoms with E-state index in [1.54, 1.807) is 6.20 Å². The first-order valence-electron chi connectivity index (χ1n) is 9.61. The third-order valence-electron chi connectivity index (χ3n) is 4.81. The van der Waals surface area contributed by atoms with Crippen molar-refractivity contribution in [3.8, 4) is 0 Å². The predicted octanol–water partition coefficient (Wildman–Crippen LogP) is 4.10. The van der Waals surface area contributed by atoms with E-state index < -0.39 is 6.09 Å². The number of benzene rings is 1. The molecule has 29 heavy (non-hydrogen) atoms. The number of carbonyl (C=O) groups is 1. The van der Waals surface area contributed by atoms with E-state index in [1.807, 2.05) is 51.1 Å². The van der Waals surface area contributed by atoms with E-state index in [4.69, 9.17) is 4.74 Å². The van der Waals surface area contributed by atoms with E-state index in [1.165, 1.54) is 4.90 Å². The SMILES string of the molecule is CC(C)CN1C(=O)OCc2cnc(N[C@@H](C)c3cc4ccccc4[nH]c3=O)nc21.[HH].[HH]. The molecule has 4 rings (SSSR count). The number of nitrogens with one attached hydrogen (secondary N) is 2. The second-order valence-electron chi connectivity index (χ2n) is 7.61. The molecule has 0 saturated carbocycles. The van der Waals surface area contributed by atoms with Crippen molar-refractivity contribution in [3.05, 3.63) is 58.0 Å². The molecular formula is C21H27N5O3. The fourth-order valence-corrected chi connectivity index (χ4v) is 3.39. The maximum Gasteiger partial charge on any atom is 0.415 e. The monoisotopic (exact) mass is 397 g/mol. The Morgan fingerprint density at radius 1 is 1.28 bits per heavy atom. The van der Waals surface area contributed by atoms with Crippen molar-refractivity contribution < 1.29 is 12.4 Å². The van der Waals surface area contributed by atoms with Crippen LogP contribution in [0.2, 0.25) is 0 Å². The van der Waals surface area contributed by atoms with Crippen molar-refractivity contribution in [1.29, 1.82) is 0 Å². The number of anilines is 2. The fraction of sp³-hybridized carbons (Fsp3) is 0.333. The molecule has 0 radical (unpaired) electrons. The molecule has 1 atom stereocenters. The van der Waals surface area contributed by atoms with Crippen LogP contribution in [0.3, 0.4) is 0 Å². The molecule has 2 aromatic heterocycles. The highest BCUT2D eigenvalue weighted by Gasteiger charge is 2.28. The van der Waals surface area contributed by atoms with Crippen LogP contribution >= 0.6 is 0 Å². The van der Waals surface area contributed by atoms with E-state index in [0.29, 0.717) is 23.9 Å². The summed E-state index contributed by atoms with van der Waals surface area (Å²) in [6, 6.07) is 9.17. The highest BCUT2D eigenvalue weighted by atomic mass is 16.6. The normalized spacial score (nSPS) is 14.6. The van der Waals surface area contributed by atoms with Crippen LogP contribution in [0.15, 0.2) is 41.3 Å². The minimum absolute atomic E-state index is 0. The molecule has 0 aliphatic carbocycles. The third kappa shape index (κ3) is 3.78. The highest BCUT2D eigenvalue weighted by Crippen LogP contribution is 2.27. The minimum atomic E-state index is -0.408. The summed E-state index contributed by atoms with van der Waals surface area (Å²) in [7, 11) is 0. The van der Waals surface area contributed by atoms with Gasteiger partial charge in [-0.25, -0.2) is 9.78 Å². The number of aromatic amines is 1. The van der Waals surface area contributed by atoms with Gasteiger partial charge in [-0.15, -0.1) is 0 Å². The Balaban J connectivity index is 0.00000171.